The number of aromatic nitrogens is 3. The first-order valence-corrected chi connectivity index (χ1v) is 8.53. The third kappa shape index (κ3) is 3.34. The molecule has 1 fully saturated rings. The molecule has 0 radical (unpaired) electrons. The predicted molar refractivity (Wildman–Crippen MR) is 101 cm³/mol. The van der Waals surface area contributed by atoms with E-state index in [1.165, 1.54) is 0 Å². The van der Waals surface area contributed by atoms with Crippen LogP contribution >= 0.6 is 12.4 Å². The fraction of sp³-hybridized carbons (Fsp3) is 0.500. The van der Waals surface area contributed by atoms with Gasteiger partial charge in [0, 0.05) is 24.1 Å². The zero-order valence-corrected chi connectivity index (χ0v) is 16.1. The number of nitrogens with two attached hydrogens (primary N) is 1. The predicted octanol–water partition coefficient (Wildman–Crippen LogP) is 1.84. The van der Waals surface area contributed by atoms with Gasteiger partial charge >= 0.3 is 0 Å². The van der Waals surface area contributed by atoms with Crippen LogP contribution in [0.5, 0.6) is 0 Å². The van der Waals surface area contributed by atoms with Crippen LogP contribution in [-0.4, -0.2) is 38.9 Å². The number of benzene rings is 1. The van der Waals surface area contributed by atoms with E-state index in [4.69, 9.17) is 10.5 Å². The van der Waals surface area contributed by atoms with Crippen LogP contribution in [0.4, 0.5) is 0 Å². The number of rotatable bonds is 6. The van der Waals surface area contributed by atoms with Crippen molar-refractivity contribution in [3.63, 3.8) is 0 Å². The van der Waals surface area contributed by atoms with Gasteiger partial charge in [0.25, 0.3) is 0 Å². The van der Waals surface area contributed by atoms with Crippen molar-refractivity contribution < 1.29 is 9.53 Å². The third-order valence-electron chi connectivity index (χ3n) is 5.29. The maximum absolute atomic E-state index is 12.7. The molecule has 0 saturated heterocycles. The summed E-state index contributed by atoms with van der Waals surface area (Å²) < 4.78 is 7.53. The van der Waals surface area contributed by atoms with E-state index in [0.717, 1.165) is 5.69 Å². The van der Waals surface area contributed by atoms with Crippen molar-refractivity contribution in [3.8, 4) is 5.69 Å². The van der Waals surface area contributed by atoms with Crippen LogP contribution in [0.15, 0.2) is 36.7 Å². The first-order valence-electron chi connectivity index (χ1n) is 8.53. The van der Waals surface area contributed by atoms with Gasteiger partial charge in [-0.05, 0) is 19.1 Å². The molecular formula is C18H26ClN5O2. The van der Waals surface area contributed by atoms with Crippen molar-refractivity contribution >= 4 is 18.3 Å². The fourth-order valence-corrected chi connectivity index (χ4v) is 3.32. The van der Waals surface area contributed by atoms with Crippen LogP contribution in [0, 0.1) is 5.41 Å². The summed E-state index contributed by atoms with van der Waals surface area (Å²) in [6, 6.07) is 9.75. The molecule has 2 unspecified atom stereocenters. The average Bonchev–Trinajstić information content (AvgIpc) is 3.08. The summed E-state index contributed by atoms with van der Waals surface area (Å²) in [5.41, 5.74) is 5.99. The van der Waals surface area contributed by atoms with Gasteiger partial charge in [0.05, 0.1) is 12.6 Å². The van der Waals surface area contributed by atoms with Crippen LogP contribution in [0.3, 0.4) is 0 Å². The van der Waals surface area contributed by atoms with E-state index in [-0.39, 0.29) is 31.0 Å². The largest absolute Gasteiger partial charge is 0.378 e. The molecule has 1 heterocycles. The average molecular weight is 380 g/mol. The summed E-state index contributed by atoms with van der Waals surface area (Å²) >= 11 is 0. The summed E-state index contributed by atoms with van der Waals surface area (Å²) in [5, 5.41) is 11.0. The van der Waals surface area contributed by atoms with Gasteiger partial charge < -0.3 is 15.8 Å². The van der Waals surface area contributed by atoms with Crippen molar-refractivity contribution in [2.75, 3.05) is 6.61 Å². The lowest BCUT2D eigenvalue weighted by Gasteiger charge is -2.57. The van der Waals surface area contributed by atoms with Crippen molar-refractivity contribution in [3.05, 3.63) is 42.5 Å². The van der Waals surface area contributed by atoms with E-state index in [2.05, 4.69) is 15.5 Å². The van der Waals surface area contributed by atoms with E-state index in [1.54, 1.807) is 6.33 Å². The Balaban J connectivity index is 0.00000243. The minimum absolute atomic E-state index is 0. The Kier molecular flexibility index (Phi) is 6.05. The summed E-state index contributed by atoms with van der Waals surface area (Å²) in [6.45, 7) is 6.78. The Morgan fingerprint density at radius 3 is 2.69 bits per heavy atom. The van der Waals surface area contributed by atoms with Gasteiger partial charge in [-0.15, -0.1) is 22.6 Å². The Bertz CT molecular complexity index is 749. The smallest absolute Gasteiger partial charge is 0.241 e. The van der Waals surface area contributed by atoms with Gasteiger partial charge in [-0.1, -0.05) is 32.0 Å². The number of hydrogen-bond donors (Lipinski definition) is 2. The molecular weight excluding hydrogens is 354 g/mol. The highest BCUT2D eigenvalue weighted by molar-refractivity contribution is 5.88. The molecule has 8 heteroatoms. The standard InChI is InChI=1S/C18H25N5O2.ClH/c1-4-25-14-10-18(19,17(14,2)3)16(24)20-11-15-22-21-12-23(15)13-8-6-5-7-9-13;/h5-9,12,14H,4,10-11,19H2,1-3H3,(H,20,24);1H. The Morgan fingerprint density at radius 2 is 2.08 bits per heavy atom. The molecule has 1 saturated carbocycles. The second kappa shape index (κ2) is 7.73. The number of para-hydroxylation sites is 1. The van der Waals surface area contributed by atoms with E-state index in [1.807, 2.05) is 55.7 Å². The molecule has 1 aliphatic rings. The van der Waals surface area contributed by atoms with E-state index in [9.17, 15) is 4.79 Å². The topological polar surface area (TPSA) is 95.1 Å². The number of ether oxygens (including phenoxy) is 1. The molecule has 142 valence electrons. The first-order chi connectivity index (χ1) is 11.9. The number of carbonyl (C=O) groups excluding carboxylic acids is 1. The molecule has 0 spiro atoms. The summed E-state index contributed by atoms with van der Waals surface area (Å²) in [6.07, 6.45) is 2.15. The van der Waals surface area contributed by atoms with Crippen LogP contribution in [0.1, 0.15) is 33.0 Å². The summed E-state index contributed by atoms with van der Waals surface area (Å²) in [7, 11) is 0. The molecule has 0 aliphatic heterocycles. The number of halogens is 1. The Hall–Kier alpha value is -1.96. The van der Waals surface area contributed by atoms with Crippen LogP contribution < -0.4 is 11.1 Å². The molecule has 2 aromatic rings. The molecule has 3 N–H and O–H groups in total. The second-order valence-electron chi connectivity index (χ2n) is 6.98. The number of carbonyl (C=O) groups is 1. The zero-order valence-electron chi connectivity index (χ0n) is 15.3. The van der Waals surface area contributed by atoms with Crippen molar-refractivity contribution in [2.24, 2.45) is 11.1 Å². The van der Waals surface area contributed by atoms with E-state index < -0.39 is 11.0 Å². The highest BCUT2D eigenvalue weighted by Crippen LogP contribution is 2.49. The maximum Gasteiger partial charge on any atom is 0.241 e. The lowest BCUT2D eigenvalue weighted by molar-refractivity contribution is -0.170. The molecule has 1 aromatic carbocycles. The molecule has 7 nitrogen and oxygen atoms in total. The zero-order chi connectivity index (χ0) is 18.1. The van der Waals surface area contributed by atoms with Gasteiger partial charge in [-0.2, -0.15) is 0 Å². The molecule has 0 bridgehead atoms. The summed E-state index contributed by atoms with van der Waals surface area (Å²) in [5.74, 6) is 0.470. The molecule has 1 aliphatic carbocycles. The van der Waals surface area contributed by atoms with Crippen molar-refractivity contribution in [2.45, 2.75) is 45.4 Å². The second-order valence-corrected chi connectivity index (χ2v) is 6.98. The normalized spacial score (nSPS) is 23.6. The Labute approximate surface area is 159 Å². The number of amides is 1. The van der Waals surface area contributed by atoms with Gasteiger partial charge in [0.15, 0.2) is 5.82 Å². The molecule has 3 rings (SSSR count). The minimum atomic E-state index is -0.940. The van der Waals surface area contributed by atoms with Crippen molar-refractivity contribution in [1.29, 1.82) is 0 Å². The number of nitrogens with one attached hydrogen (secondary N) is 1. The lowest BCUT2D eigenvalue weighted by Crippen LogP contribution is -2.75. The lowest BCUT2D eigenvalue weighted by atomic mass is 9.54. The van der Waals surface area contributed by atoms with Gasteiger partial charge in [-0.3, -0.25) is 9.36 Å². The molecule has 1 aromatic heterocycles. The first kappa shape index (κ1) is 20.4. The Morgan fingerprint density at radius 1 is 1.38 bits per heavy atom. The van der Waals surface area contributed by atoms with E-state index in [0.29, 0.717) is 18.9 Å². The molecule has 2 atom stereocenters. The molecule has 26 heavy (non-hydrogen) atoms. The quantitative estimate of drug-likeness (QED) is 0.798. The SMILES string of the molecule is CCOC1CC(N)(C(=O)NCc2nncn2-c2ccccc2)C1(C)C.Cl. The van der Waals surface area contributed by atoms with Crippen LogP contribution in [0.2, 0.25) is 0 Å². The number of hydrogen-bond acceptors (Lipinski definition) is 5. The van der Waals surface area contributed by atoms with Crippen LogP contribution in [0.25, 0.3) is 5.69 Å². The van der Waals surface area contributed by atoms with Crippen molar-refractivity contribution in [1.82, 2.24) is 20.1 Å². The van der Waals surface area contributed by atoms with Crippen LogP contribution in [-0.2, 0) is 16.1 Å². The van der Waals surface area contributed by atoms with E-state index >= 15 is 0 Å². The fourth-order valence-electron chi connectivity index (χ4n) is 3.32. The minimum Gasteiger partial charge on any atom is -0.378 e. The number of nitrogens with zero attached hydrogens (tertiary/aromatic N) is 3. The highest BCUT2D eigenvalue weighted by atomic mass is 35.5. The third-order valence-corrected chi connectivity index (χ3v) is 5.29. The van der Waals surface area contributed by atoms with Gasteiger partial charge in [-0.25, -0.2) is 0 Å². The maximum atomic E-state index is 12.7. The highest BCUT2D eigenvalue weighted by Gasteiger charge is 2.62. The molecule has 1 amide bonds. The van der Waals surface area contributed by atoms with Gasteiger partial charge in [0.2, 0.25) is 5.91 Å². The monoisotopic (exact) mass is 379 g/mol. The summed E-state index contributed by atoms with van der Waals surface area (Å²) in [4.78, 5) is 12.7. The van der Waals surface area contributed by atoms with Gasteiger partial charge in [0.1, 0.15) is 11.9 Å².